The van der Waals surface area contributed by atoms with E-state index in [9.17, 15) is 0 Å². The molecule has 0 spiro atoms. The zero-order valence-corrected chi connectivity index (χ0v) is 12.2. The number of nitrogens with zero attached hydrogens (tertiary/aromatic N) is 3. The van der Waals surface area contributed by atoms with E-state index in [0.717, 1.165) is 43.6 Å². The van der Waals surface area contributed by atoms with E-state index < -0.39 is 0 Å². The Labute approximate surface area is 115 Å². The number of imidazole rings is 1. The molecular formula is C15H24N4. The number of para-hydroxylation sites is 1. The molecule has 0 bridgehead atoms. The van der Waals surface area contributed by atoms with Crippen molar-refractivity contribution in [2.75, 3.05) is 25.4 Å². The van der Waals surface area contributed by atoms with Crippen LogP contribution in [0.5, 0.6) is 0 Å². The lowest BCUT2D eigenvalue weighted by Gasteiger charge is -2.18. The van der Waals surface area contributed by atoms with Crippen molar-refractivity contribution in [3.8, 4) is 0 Å². The van der Waals surface area contributed by atoms with Crippen LogP contribution in [-0.4, -0.2) is 34.1 Å². The molecule has 1 aromatic heterocycles. The summed E-state index contributed by atoms with van der Waals surface area (Å²) in [6.45, 7) is 10.7. The monoisotopic (exact) mass is 260 g/mol. The van der Waals surface area contributed by atoms with Gasteiger partial charge in [-0.3, -0.25) is 0 Å². The minimum Gasteiger partial charge on any atom is -0.369 e. The van der Waals surface area contributed by atoms with E-state index in [1.165, 1.54) is 5.56 Å². The van der Waals surface area contributed by atoms with Crippen LogP contribution < -0.4 is 5.73 Å². The molecule has 19 heavy (non-hydrogen) atoms. The first-order chi connectivity index (χ1) is 9.17. The van der Waals surface area contributed by atoms with Gasteiger partial charge in [0, 0.05) is 6.54 Å². The van der Waals surface area contributed by atoms with Crippen LogP contribution in [0.25, 0.3) is 11.0 Å². The predicted octanol–water partition coefficient (Wildman–Crippen LogP) is 2.66. The molecule has 0 amide bonds. The second-order valence-corrected chi connectivity index (χ2v) is 4.94. The molecule has 0 saturated heterocycles. The number of aryl methyl sites for hydroxylation is 2. The Balaban J connectivity index is 2.12. The molecule has 0 saturated carbocycles. The van der Waals surface area contributed by atoms with Crippen molar-refractivity contribution >= 4 is 17.0 Å². The minimum absolute atomic E-state index is 0.629. The van der Waals surface area contributed by atoms with Crippen molar-refractivity contribution in [3.63, 3.8) is 0 Å². The normalized spacial score (nSPS) is 11.6. The highest BCUT2D eigenvalue weighted by Gasteiger charge is 2.09. The second kappa shape index (κ2) is 6.06. The Morgan fingerprint density at radius 3 is 2.68 bits per heavy atom. The lowest BCUT2D eigenvalue weighted by atomic mass is 10.2. The zero-order chi connectivity index (χ0) is 13.8. The molecule has 0 aliphatic rings. The van der Waals surface area contributed by atoms with E-state index in [4.69, 9.17) is 5.73 Å². The van der Waals surface area contributed by atoms with Gasteiger partial charge in [0.1, 0.15) is 0 Å². The summed E-state index contributed by atoms with van der Waals surface area (Å²) in [6, 6.07) is 6.25. The van der Waals surface area contributed by atoms with Gasteiger partial charge in [-0.25, -0.2) is 4.98 Å². The standard InChI is InChI=1S/C15H24N4/c1-4-18(5-2)10-7-11-19-13-9-6-8-12(3)14(13)17-15(19)16/h6,8-9H,4-5,7,10-11H2,1-3H3,(H2,16,17). The number of aromatic nitrogens is 2. The topological polar surface area (TPSA) is 47.1 Å². The van der Waals surface area contributed by atoms with Crippen LogP contribution in [0.4, 0.5) is 5.95 Å². The van der Waals surface area contributed by atoms with E-state index in [-0.39, 0.29) is 0 Å². The fraction of sp³-hybridized carbons (Fsp3) is 0.533. The van der Waals surface area contributed by atoms with E-state index in [0.29, 0.717) is 5.95 Å². The Kier molecular flexibility index (Phi) is 4.43. The molecule has 0 radical (unpaired) electrons. The van der Waals surface area contributed by atoms with Gasteiger partial charge >= 0.3 is 0 Å². The summed E-state index contributed by atoms with van der Waals surface area (Å²) in [5, 5.41) is 0. The van der Waals surface area contributed by atoms with Gasteiger partial charge in [0.25, 0.3) is 0 Å². The Bertz CT molecular complexity index is 540. The maximum Gasteiger partial charge on any atom is 0.201 e. The molecule has 4 heteroatoms. The van der Waals surface area contributed by atoms with Crippen LogP contribution in [0.1, 0.15) is 25.8 Å². The number of hydrogen-bond donors (Lipinski definition) is 1. The van der Waals surface area contributed by atoms with Gasteiger partial charge in [-0.05, 0) is 44.6 Å². The first-order valence-electron chi connectivity index (χ1n) is 7.11. The lowest BCUT2D eigenvalue weighted by molar-refractivity contribution is 0.294. The molecular weight excluding hydrogens is 236 g/mol. The fourth-order valence-electron chi connectivity index (χ4n) is 2.53. The number of rotatable bonds is 6. The van der Waals surface area contributed by atoms with E-state index in [1.807, 2.05) is 0 Å². The van der Waals surface area contributed by atoms with Crippen molar-refractivity contribution < 1.29 is 0 Å². The Morgan fingerprint density at radius 1 is 1.26 bits per heavy atom. The highest BCUT2D eigenvalue weighted by atomic mass is 15.2. The fourth-order valence-corrected chi connectivity index (χ4v) is 2.53. The van der Waals surface area contributed by atoms with Gasteiger partial charge < -0.3 is 15.2 Å². The van der Waals surface area contributed by atoms with E-state index in [2.05, 4.69) is 53.4 Å². The highest BCUT2D eigenvalue weighted by Crippen LogP contribution is 2.21. The van der Waals surface area contributed by atoms with Gasteiger partial charge in [0.05, 0.1) is 11.0 Å². The van der Waals surface area contributed by atoms with Crippen molar-refractivity contribution in [2.24, 2.45) is 0 Å². The molecule has 0 aliphatic heterocycles. The lowest BCUT2D eigenvalue weighted by Crippen LogP contribution is -2.25. The first-order valence-corrected chi connectivity index (χ1v) is 7.11. The Morgan fingerprint density at radius 2 is 2.00 bits per heavy atom. The first kappa shape index (κ1) is 13.9. The summed E-state index contributed by atoms with van der Waals surface area (Å²) in [5.41, 5.74) is 9.41. The molecule has 2 aromatic rings. The average molecular weight is 260 g/mol. The third kappa shape index (κ3) is 2.89. The summed E-state index contributed by atoms with van der Waals surface area (Å²) in [4.78, 5) is 6.91. The van der Waals surface area contributed by atoms with Gasteiger partial charge in [0.15, 0.2) is 0 Å². The van der Waals surface area contributed by atoms with Crippen LogP contribution in [-0.2, 0) is 6.54 Å². The van der Waals surface area contributed by atoms with Crippen molar-refractivity contribution in [3.05, 3.63) is 23.8 Å². The van der Waals surface area contributed by atoms with E-state index in [1.54, 1.807) is 0 Å². The number of hydrogen-bond acceptors (Lipinski definition) is 3. The van der Waals surface area contributed by atoms with Crippen LogP contribution in [0.2, 0.25) is 0 Å². The van der Waals surface area contributed by atoms with Gasteiger partial charge in [-0.1, -0.05) is 26.0 Å². The van der Waals surface area contributed by atoms with Crippen LogP contribution >= 0.6 is 0 Å². The molecule has 4 nitrogen and oxygen atoms in total. The average Bonchev–Trinajstić information content (AvgIpc) is 2.73. The number of nitrogen functional groups attached to an aromatic ring is 1. The number of anilines is 1. The highest BCUT2D eigenvalue weighted by molar-refractivity contribution is 5.81. The summed E-state index contributed by atoms with van der Waals surface area (Å²) < 4.78 is 2.13. The molecule has 2 N–H and O–H groups in total. The van der Waals surface area contributed by atoms with Crippen molar-refractivity contribution in [2.45, 2.75) is 33.7 Å². The largest absolute Gasteiger partial charge is 0.369 e. The molecule has 0 aliphatic carbocycles. The zero-order valence-electron chi connectivity index (χ0n) is 12.2. The summed E-state index contributed by atoms with van der Waals surface area (Å²) >= 11 is 0. The second-order valence-electron chi connectivity index (χ2n) is 4.94. The predicted molar refractivity (Wildman–Crippen MR) is 81.3 cm³/mol. The number of benzene rings is 1. The number of fused-ring (bicyclic) bond motifs is 1. The maximum atomic E-state index is 6.04. The van der Waals surface area contributed by atoms with Crippen LogP contribution in [0, 0.1) is 6.92 Å². The van der Waals surface area contributed by atoms with Gasteiger partial charge in [0.2, 0.25) is 5.95 Å². The summed E-state index contributed by atoms with van der Waals surface area (Å²) in [6.07, 6.45) is 1.10. The number of nitrogens with two attached hydrogens (primary N) is 1. The van der Waals surface area contributed by atoms with Gasteiger partial charge in [-0.2, -0.15) is 0 Å². The SMILES string of the molecule is CCN(CC)CCCn1c(N)nc2c(C)cccc21. The van der Waals surface area contributed by atoms with Crippen LogP contribution in [0.15, 0.2) is 18.2 Å². The quantitative estimate of drug-likeness (QED) is 0.868. The molecule has 0 fully saturated rings. The van der Waals surface area contributed by atoms with Crippen LogP contribution in [0.3, 0.4) is 0 Å². The van der Waals surface area contributed by atoms with Crippen molar-refractivity contribution in [1.82, 2.24) is 14.5 Å². The minimum atomic E-state index is 0.629. The van der Waals surface area contributed by atoms with E-state index >= 15 is 0 Å². The molecule has 2 rings (SSSR count). The maximum absolute atomic E-state index is 6.04. The van der Waals surface area contributed by atoms with Gasteiger partial charge in [-0.15, -0.1) is 0 Å². The molecule has 1 aromatic carbocycles. The third-order valence-electron chi connectivity index (χ3n) is 3.76. The Hall–Kier alpha value is -1.55. The third-order valence-corrected chi connectivity index (χ3v) is 3.76. The van der Waals surface area contributed by atoms with Crippen molar-refractivity contribution in [1.29, 1.82) is 0 Å². The summed E-state index contributed by atoms with van der Waals surface area (Å²) in [7, 11) is 0. The summed E-state index contributed by atoms with van der Waals surface area (Å²) in [5.74, 6) is 0.629. The molecule has 1 heterocycles. The molecule has 0 atom stereocenters. The smallest absolute Gasteiger partial charge is 0.201 e. The molecule has 0 unspecified atom stereocenters. The molecule has 104 valence electrons.